The molecule has 7 heteroatoms. The van der Waals surface area contributed by atoms with Gasteiger partial charge in [-0.3, -0.25) is 9.59 Å². The van der Waals surface area contributed by atoms with Crippen LogP contribution in [-0.4, -0.2) is 40.3 Å². The third-order valence-corrected chi connectivity index (χ3v) is 9.95. The predicted molar refractivity (Wildman–Crippen MR) is 140 cm³/mol. The van der Waals surface area contributed by atoms with E-state index < -0.39 is 16.6 Å². The number of thioether (sulfide) groups is 1. The third-order valence-electron chi connectivity index (χ3n) is 8.07. The molecule has 0 amide bonds. The van der Waals surface area contributed by atoms with Crippen LogP contribution in [0.25, 0.3) is 6.08 Å². The summed E-state index contributed by atoms with van der Waals surface area (Å²) in [6.07, 6.45) is 11.0. The quantitative estimate of drug-likeness (QED) is 0.247. The Kier molecular flexibility index (Phi) is 8.73. The molecule has 0 spiro atoms. The van der Waals surface area contributed by atoms with Crippen molar-refractivity contribution in [2.24, 2.45) is 11.3 Å². The van der Waals surface area contributed by atoms with Gasteiger partial charge in [-0.25, -0.2) is 4.98 Å². The summed E-state index contributed by atoms with van der Waals surface area (Å²) >= 11 is 3.30. The zero-order chi connectivity index (χ0) is 25.1. The van der Waals surface area contributed by atoms with Crippen LogP contribution in [0.15, 0.2) is 15.3 Å². The minimum atomic E-state index is -0.768. The number of ketones is 1. The molecule has 190 valence electrons. The number of cyclic esters (lactones) is 1. The van der Waals surface area contributed by atoms with E-state index >= 15 is 0 Å². The minimum absolute atomic E-state index is 0.0716. The van der Waals surface area contributed by atoms with E-state index in [1.54, 1.807) is 23.1 Å². The van der Waals surface area contributed by atoms with Gasteiger partial charge in [0.25, 0.3) is 0 Å². The van der Waals surface area contributed by atoms with Gasteiger partial charge < -0.3 is 9.47 Å². The van der Waals surface area contributed by atoms with E-state index in [1.807, 2.05) is 27.0 Å². The van der Waals surface area contributed by atoms with Gasteiger partial charge >= 0.3 is 5.97 Å². The molecule has 0 aliphatic carbocycles. The van der Waals surface area contributed by atoms with Crippen LogP contribution >= 0.6 is 23.1 Å². The Morgan fingerprint density at radius 3 is 2.50 bits per heavy atom. The maximum atomic E-state index is 13.0. The van der Waals surface area contributed by atoms with E-state index in [2.05, 4.69) is 32.2 Å². The smallest absolute Gasteiger partial charge is 0.309 e. The van der Waals surface area contributed by atoms with Gasteiger partial charge in [0.2, 0.25) is 0 Å². The van der Waals surface area contributed by atoms with Crippen molar-refractivity contribution in [2.45, 2.75) is 115 Å². The van der Waals surface area contributed by atoms with E-state index in [4.69, 9.17) is 14.5 Å². The molecule has 1 aromatic rings. The molecule has 0 aromatic carbocycles. The number of hydrogen-bond acceptors (Lipinski definition) is 7. The van der Waals surface area contributed by atoms with Crippen molar-refractivity contribution in [3.8, 4) is 0 Å². The van der Waals surface area contributed by atoms with E-state index in [9.17, 15) is 9.59 Å². The van der Waals surface area contributed by atoms with Gasteiger partial charge in [-0.05, 0) is 57.9 Å². The minimum Gasteiger partial charge on any atom is -0.459 e. The number of esters is 1. The second-order valence-electron chi connectivity index (χ2n) is 10.9. The number of fused-ring (bicyclic) bond motifs is 1. The SMILES string of the molecule is CSc1nc(C=C(C)C23OC2CCCCCCC(=O)CCC(C)C(=O)OC(C)(C)C3(C)C)cs1. The molecule has 5 nitrogen and oxygen atoms in total. The van der Waals surface area contributed by atoms with E-state index in [0.717, 1.165) is 47.7 Å². The van der Waals surface area contributed by atoms with Crippen molar-refractivity contribution in [1.82, 2.24) is 4.98 Å². The topological polar surface area (TPSA) is 68.8 Å². The fourth-order valence-corrected chi connectivity index (χ4v) is 6.38. The number of carbonyl (C=O) groups is 2. The monoisotopic (exact) mass is 507 g/mol. The Bertz CT molecular complexity index is 919. The van der Waals surface area contributed by atoms with Crippen LogP contribution in [0.4, 0.5) is 0 Å². The van der Waals surface area contributed by atoms with E-state index in [-0.39, 0.29) is 23.8 Å². The van der Waals surface area contributed by atoms with Gasteiger partial charge in [0.1, 0.15) is 21.3 Å². The van der Waals surface area contributed by atoms with Gasteiger partial charge in [0.15, 0.2) is 0 Å². The highest BCUT2D eigenvalue weighted by atomic mass is 32.2. The second-order valence-corrected chi connectivity index (χ2v) is 12.8. The number of aromatic nitrogens is 1. The fourth-order valence-electron chi connectivity index (χ4n) is 5.15. The Labute approximate surface area is 213 Å². The van der Waals surface area contributed by atoms with Gasteiger partial charge in [0, 0.05) is 23.6 Å². The summed E-state index contributed by atoms with van der Waals surface area (Å²) in [5, 5.41) is 2.08. The molecular formula is C27H41NO4S2. The normalized spacial score (nSPS) is 31.0. The number of hydrogen-bond donors (Lipinski definition) is 0. The van der Waals surface area contributed by atoms with Gasteiger partial charge in [-0.15, -0.1) is 11.3 Å². The zero-order valence-electron chi connectivity index (χ0n) is 21.9. The number of Topliss-reactive ketones (excluding diaryl/α,β-unsaturated/α-hetero) is 1. The Morgan fingerprint density at radius 1 is 1.12 bits per heavy atom. The first kappa shape index (κ1) is 27.4. The maximum absolute atomic E-state index is 13.0. The van der Waals surface area contributed by atoms with E-state index in [0.29, 0.717) is 19.3 Å². The first-order chi connectivity index (χ1) is 15.9. The van der Waals surface area contributed by atoms with Crippen LogP contribution in [0.1, 0.15) is 98.6 Å². The van der Waals surface area contributed by atoms with Crippen molar-refractivity contribution in [3.63, 3.8) is 0 Å². The lowest BCUT2D eigenvalue weighted by molar-refractivity contribution is -0.177. The lowest BCUT2D eigenvalue weighted by Gasteiger charge is -2.46. The summed E-state index contributed by atoms with van der Waals surface area (Å²) in [5.41, 5.74) is 0.313. The molecule has 2 aliphatic heterocycles. The maximum Gasteiger partial charge on any atom is 0.309 e. The van der Waals surface area contributed by atoms with Crippen molar-refractivity contribution >= 4 is 40.9 Å². The van der Waals surface area contributed by atoms with Gasteiger partial charge in [-0.1, -0.05) is 51.8 Å². The molecule has 3 heterocycles. The fraction of sp³-hybridized carbons (Fsp3) is 0.741. The van der Waals surface area contributed by atoms with Crippen LogP contribution in [0, 0.1) is 11.3 Å². The number of thiazole rings is 1. The molecule has 0 radical (unpaired) electrons. The summed E-state index contributed by atoms with van der Waals surface area (Å²) in [4.78, 5) is 30.0. The van der Waals surface area contributed by atoms with Gasteiger partial charge in [0.05, 0.1) is 17.7 Å². The zero-order valence-corrected chi connectivity index (χ0v) is 23.5. The van der Waals surface area contributed by atoms with Crippen molar-refractivity contribution in [2.75, 3.05) is 6.26 Å². The third kappa shape index (κ3) is 5.62. The van der Waals surface area contributed by atoms with Crippen LogP contribution in [0.3, 0.4) is 0 Å². The van der Waals surface area contributed by atoms with Crippen molar-refractivity contribution < 1.29 is 19.1 Å². The Balaban J connectivity index is 1.93. The molecule has 0 bridgehead atoms. The average Bonchev–Trinajstić information content (AvgIpc) is 3.35. The first-order valence-electron chi connectivity index (χ1n) is 12.6. The summed E-state index contributed by atoms with van der Waals surface area (Å²) in [5.74, 6) is -0.296. The van der Waals surface area contributed by atoms with Crippen LogP contribution in [0.2, 0.25) is 0 Å². The summed E-state index contributed by atoms with van der Waals surface area (Å²) < 4.78 is 13.8. The Morgan fingerprint density at radius 2 is 1.82 bits per heavy atom. The summed E-state index contributed by atoms with van der Waals surface area (Å²) in [7, 11) is 0. The lowest BCUT2D eigenvalue weighted by Crippen LogP contribution is -2.54. The number of carbonyl (C=O) groups excluding carboxylic acids is 2. The molecule has 2 fully saturated rings. The molecule has 3 atom stereocenters. The number of ether oxygens (including phenoxy) is 2. The van der Waals surface area contributed by atoms with E-state index in [1.165, 1.54) is 0 Å². The summed E-state index contributed by atoms with van der Waals surface area (Å²) in [6, 6.07) is 0. The molecule has 3 rings (SSSR count). The molecule has 2 saturated heterocycles. The average molecular weight is 508 g/mol. The lowest BCUT2D eigenvalue weighted by atomic mass is 9.63. The highest BCUT2D eigenvalue weighted by molar-refractivity contribution is 8.00. The Hall–Kier alpha value is -1.18. The number of rotatable bonds is 3. The second kappa shape index (κ2) is 10.8. The molecule has 0 N–H and O–H groups in total. The number of epoxide rings is 1. The first-order valence-corrected chi connectivity index (χ1v) is 14.7. The molecule has 2 aliphatic rings. The predicted octanol–water partition coefficient (Wildman–Crippen LogP) is 7.09. The summed E-state index contributed by atoms with van der Waals surface area (Å²) in [6.45, 7) is 12.3. The molecule has 3 unspecified atom stereocenters. The van der Waals surface area contributed by atoms with Gasteiger partial charge in [-0.2, -0.15) is 0 Å². The van der Waals surface area contributed by atoms with Crippen molar-refractivity contribution in [3.05, 3.63) is 16.6 Å². The van der Waals surface area contributed by atoms with Crippen LogP contribution in [-0.2, 0) is 19.1 Å². The highest BCUT2D eigenvalue weighted by Gasteiger charge is 2.70. The number of nitrogens with zero attached hydrogens (tertiary/aromatic N) is 1. The molecule has 0 saturated carbocycles. The standard InChI is InChI=1S/C27H41NO4S2/c1-18-14-15-21(29)12-10-8-9-11-13-22-27(31-22,25(3,4)26(5,6)32-23(18)30)19(2)16-20-17-34-24(28-20)33-7/h16-18,22H,8-15H2,1-7H3. The van der Waals surface area contributed by atoms with Crippen molar-refractivity contribution in [1.29, 1.82) is 0 Å². The molecule has 34 heavy (non-hydrogen) atoms. The molecular weight excluding hydrogens is 466 g/mol. The largest absolute Gasteiger partial charge is 0.459 e. The van der Waals surface area contributed by atoms with Crippen LogP contribution in [0.5, 0.6) is 0 Å². The molecule has 1 aromatic heterocycles. The van der Waals surface area contributed by atoms with Crippen LogP contribution < -0.4 is 0 Å². The highest BCUT2D eigenvalue weighted by Crippen LogP contribution is 2.61.